The molecule has 112 valence electrons. The van der Waals surface area contributed by atoms with E-state index in [1.54, 1.807) is 6.20 Å². The fourth-order valence-electron chi connectivity index (χ4n) is 3.13. The van der Waals surface area contributed by atoms with Crippen LogP contribution in [0.2, 0.25) is 0 Å². The van der Waals surface area contributed by atoms with E-state index < -0.39 is 5.97 Å². The Balaban J connectivity index is 1.56. The number of carboxylic acid groups (broad SMARTS) is 1. The maximum Gasteiger partial charge on any atom is 0.306 e. The molecule has 0 saturated heterocycles. The Kier molecular flexibility index (Phi) is 4.15. The van der Waals surface area contributed by atoms with E-state index in [1.165, 1.54) is 0 Å². The van der Waals surface area contributed by atoms with E-state index in [4.69, 9.17) is 0 Å². The van der Waals surface area contributed by atoms with Gasteiger partial charge in [0.2, 0.25) is 5.78 Å². The number of nitrogens with zero attached hydrogens (tertiary/aromatic N) is 3. The number of nitrogens with one attached hydrogen (secondary N) is 1. The van der Waals surface area contributed by atoms with Crippen LogP contribution in [0, 0.1) is 11.8 Å². The maximum absolute atomic E-state index is 11.3. The third-order valence-corrected chi connectivity index (χ3v) is 4.22. The Hall–Kier alpha value is -1.95. The molecule has 0 spiro atoms. The van der Waals surface area contributed by atoms with Crippen molar-refractivity contribution < 1.29 is 9.90 Å². The van der Waals surface area contributed by atoms with Gasteiger partial charge in [0.15, 0.2) is 0 Å². The molecule has 2 atom stereocenters. The lowest BCUT2D eigenvalue weighted by Gasteiger charge is -2.28. The van der Waals surface area contributed by atoms with Crippen LogP contribution in [0.1, 0.15) is 31.4 Å². The Morgan fingerprint density at radius 3 is 3.10 bits per heavy atom. The Morgan fingerprint density at radius 2 is 2.29 bits per heavy atom. The van der Waals surface area contributed by atoms with Gasteiger partial charge in [0.1, 0.15) is 0 Å². The molecule has 0 radical (unpaired) electrons. The van der Waals surface area contributed by atoms with Crippen molar-refractivity contribution in [1.82, 2.24) is 19.7 Å². The summed E-state index contributed by atoms with van der Waals surface area (Å²) in [7, 11) is 0. The molecular weight excluding hydrogens is 268 g/mol. The summed E-state index contributed by atoms with van der Waals surface area (Å²) in [6.07, 6.45) is 9.56. The molecule has 2 aromatic heterocycles. The zero-order chi connectivity index (χ0) is 14.7. The number of hydrogen-bond acceptors (Lipinski definition) is 4. The zero-order valence-electron chi connectivity index (χ0n) is 11.9. The third-order valence-electron chi connectivity index (χ3n) is 4.22. The number of carboxylic acids is 1. The molecule has 21 heavy (non-hydrogen) atoms. The van der Waals surface area contributed by atoms with Gasteiger partial charge in [-0.1, -0.05) is 12.8 Å². The van der Waals surface area contributed by atoms with Gasteiger partial charge in [-0.25, -0.2) is 9.97 Å². The molecule has 0 bridgehead atoms. The lowest BCUT2D eigenvalue weighted by Crippen LogP contribution is -2.34. The first-order valence-electron chi connectivity index (χ1n) is 7.46. The van der Waals surface area contributed by atoms with Crippen molar-refractivity contribution in [1.29, 1.82) is 0 Å². The predicted octanol–water partition coefficient (Wildman–Crippen LogP) is 1.71. The Morgan fingerprint density at radius 1 is 1.43 bits per heavy atom. The highest BCUT2D eigenvalue weighted by Gasteiger charge is 2.30. The van der Waals surface area contributed by atoms with Gasteiger partial charge in [0.25, 0.3) is 0 Å². The van der Waals surface area contributed by atoms with E-state index in [0.29, 0.717) is 12.3 Å². The molecule has 2 heterocycles. The normalized spacial score (nSPS) is 22.5. The summed E-state index contributed by atoms with van der Waals surface area (Å²) in [5.41, 5.74) is 0.927. The highest BCUT2D eigenvalue weighted by Crippen LogP contribution is 2.29. The van der Waals surface area contributed by atoms with Crippen molar-refractivity contribution in [3.8, 4) is 0 Å². The summed E-state index contributed by atoms with van der Waals surface area (Å²) < 4.78 is 1.89. The van der Waals surface area contributed by atoms with Crippen LogP contribution >= 0.6 is 0 Å². The van der Waals surface area contributed by atoms with Crippen molar-refractivity contribution in [3.63, 3.8) is 0 Å². The summed E-state index contributed by atoms with van der Waals surface area (Å²) in [5, 5.41) is 12.6. The van der Waals surface area contributed by atoms with Crippen LogP contribution in [-0.2, 0) is 11.3 Å². The second kappa shape index (κ2) is 6.22. The van der Waals surface area contributed by atoms with Gasteiger partial charge in [0, 0.05) is 25.1 Å². The average Bonchev–Trinajstić information content (AvgIpc) is 2.90. The van der Waals surface area contributed by atoms with Crippen LogP contribution in [0.15, 0.2) is 24.7 Å². The summed E-state index contributed by atoms with van der Waals surface area (Å²) in [6, 6.07) is 1.87. The van der Waals surface area contributed by atoms with Crippen molar-refractivity contribution in [2.75, 3.05) is 6.54 Å². The van der Waals surface area contributed by atoms with Crippen LogP contribution in [-0.4, -0.2) is 32.0 Å². The Labute approximate surface area is 123 Å². The highest BCUT2D eigenvalue weighted by atomic mass is 16.4. The first-order chi connectivity index (χ1) is 10.2. The molecule has 1 aliphatic carbocycles. The largest absolute Gasteiger partial charge is 0.481 e. The minimum atomic E-state index is -0.654. The topological polar surface area (TPSA) is 79.5 Å². The molecule has 2 unspecified atom stereocenters. The highest BCUT2D eigenvalue weighted by molar-refractivity contribution is 5.70. The van der Waals surface area contributed by atoms with Gasteiger partial charge in [-0.15, -0.1) is 0 Å². The van der Waals surface area contributed by atoms with E-state index in [9.17, 15) is 9.90 Å². The molecule has 6 heteroatoms. The standard InChI is InChI=1S/C15H20N4O2/c20-14(21)13-5-2-1-4-11(13)8-16-9-12-10-19-7-3-6-17-15(19)18-12/h3,6-7,10-11,13,16H,1-2,4-5,8-9H2,(H,20,21). The summed E-state index contributed by atoms with van der Waals surface area (Å²) in [5.74, 6) is 0.0641. The number of aliphatic carboxylic acids is 1. The SMILES string of the molecule is O=C(O)C1CCCCC1CNCc1cn2cccnc2n1. The van der Waals surface area contributed by atoms with Gasteiger partial charge in [-0.3, -0.25) is 9.20 Å². The monoisotopic (exact) mass is 288 g/mol. The predicted molar refractivity (Wildman–Crippen MR) is 77.8 cm³/mol. The molecule has 1 fully saturated rings. The molecule has 0 amide bonds. The summed E-state index contributed by atoms with van der Waals surface area (Å²) in [4.78, 5) is 19.9. The van der Waals surface area contributed by atoms with Crippen molar-refractivity contribution in [2.24, 2.45) is 11.8 Å². The Bertz CT molecular complexity index is 592. The van der Waals surface area contributed by atoms with E-state index in [2.05, 4.69) is 15.3 Å². The van der Waals surface area contributed by atoms with Crippen LogP contribution in [0.5, 0.6) is 0 Å². The molecule has 0 aliphatic heterocycles. The number of imidazole rings is 1. The maximum atomic E-state index is 11.3. The molecule has 2 aromatic rings. The number of aromatic nitrogens is 3. The van der Waals surface area contributed by atoms with E-state index >= 15 is 0 Å². The van der Waals surface area contributed by atoms with Gasteiger partial charge in [0.05, 0.1) is 11.6 Å². The lowest BCUT2D eigenvalue weighted by atomic mass is 9.79. The van der Waals surface area contributed by atoms with Crippen molar-refractivity contribution in [2.45, 2.75) is 32.2 Å². The first-order valence-corrected chi connectivity index (χ1v) is 7.46. The minimum absolute atomic E-state index is 0.200. The van der Waals surface area contributed by atoms with Crippen molar-refractivity contribution in [3.05, 3.63) is 30.4 Å². The smallest absolute Gasteiger partial charge is 0.306 e. The fourth-order valence-corrected chi connectivity index (χ4v) is 3.13. The van der Waals surface area contributed by atoms with Crippen LogP contribution < -0.4 is 5.32 Å². The summed E-state index contributed by atoms with van der Waals surface area (Å²) >= 11 is 0. The number of fused-ring (bicyclic) bond motifs is 1. The number of carbonyl (C=O) groups is 1. The van der Waals surface area contributed by atoms with Gasteiger partial charge >= 0.3 is 5.97 Å². The fraction of sp³-hybridized carbons (Fsp3) is 0.533. The van der Waals surface area contributed by atoms with Crippen LogP contribution in [0.3, 0.4) is 0 Å². The van der Waals surface area contributed by atoms with Gasteiger partial charge in [-0.05, 0) is 31.4 Å². The minimum Gasteiger partial charge on any atom is -0.481 e. The van der Waals surface area contributed by atoms with E-state index in [0.717, 1.165) is 37.9 Å². The van der Waals surface area contributed by atoms with Gasteiger partial charge in [-0.2, -0.15) is 0 Å². The quantitative estimate of drug-likeness (QED) is 0.875. The average molecular weight is 288 g/mol. The molecule has 2 N–H and O–H groups in total. The zero-order valence-corrected chi connectivity index (χ0v) is 11.9. The first kappa shape index (κ1) is 14.0. The van der Waals surface area contributed by atoms with E-state index in [-0.39, 0.29) is 11.8 Å². The van der Waals surface area contributed by atoms with E-state index in [1.807, 2.05) is 22.9 Å². The van der Waals surface area contributed by atoms with Gasteiger partial charge < -0.3 is 10.4 Å². The van der Waals surface area contributed by atoms with Crippen molar-refractivity contribution >= 4 is 11.7 Å². The lowest BCUT2D eigenvalue weighted by molar-refractivity contribution is -0.144. The van der Waals surface area contributed by atoms with Crippen LogP contribution in [0.4, 0.5) is 0 Å². The molecule has 0 aromatic carbocycles. The summed E-state index contributed by atoms with van der Waals surface area (Å²) in [6.45, 7) is 1.38. The number of rotatable bonds is 5. The second-order valence-electron chi connectivity index (χ2n) is 5.68. The molecule has 6 nitrogen and oxygen atoms in total. The molecule has 1 saturated carbocycles. The van der Waals surface area contributed by atoms with Crippen LogP contribution in [0.25, 0.3) is 5.78 Å². The molecule has 3 rings (SSSR count). The molecule has 1 aliphatic rings. The number of hydrogen-bond donors (Lipinski definition) is 2. The second-order valence-corrected chi connectivity index (χ2v) is 5.68. The third kappa shape index (κ3) is 3.21. The molecular formula is C15H20N4O2.